The first kappa shape index (κ1) is 23.5. The van der Waals surface area contributed by atoms with Gasteiger partial charge in [-0.3, -0.25) is 23.9 Å². The van der Waals surface area contributed by atoms with Crippen molar-refractivity contribution in [2.75, 3.05) is 0 Å². The third-order valence-corrected chi connectivity index (χ3v) is 6.75. The SMILES string of the molecule is Cc1ccccc1CN1C(=O)c2c(-c3ccccc3)cc(=O)n(-c3ccccc3C(C)(C)C)c2C1=O. The zero-order valence-corrected chi connectivity index (χ0v) is 20.9. The van der Waals surface area contributed by atoms with Crippen LogP contribution in [0.1, 0.15) is 58.3 Å². The third kappa shape index (κ3) is 3.87. The standard InChI is InChI=1S/C31H28N2O3/c1-20-12-8-9-15-22(20)19-32-29(35)27-23(21-13-6-5-7-14-21)18-26(34)33(28(27)30(32)36)25-17-11-10-16-24(25)31(2,3)4/h5-18H,19H2,1-4H3. The minimum atomic E-state index is -0.461. The van der Waals surface area contributed by atoms with E-state index in [0.717, 1.165) is 22.3 Å². The van der Waals surface area contributed by atoms with E-state index in [9.17, 15) is 14.4 Å². The molecule has 5 heteroatoms. The molecule has 180 valence electrons. The van der Waals surface area contributed by atoms with Crippen LogP contribution in [0.2, 0.25) is 0 Å². The minimum Gasteiger partial charge on any atom is -0.271 e. The van der Waals surface area contributed by atoms with Crippen LogP contribution in [-0.4, -0.2) is 21.3 Å². The average Bonchev–Trinajstić information content (AvgIpc) is 3.10. The molecule has 0 saturated heterocycles. The van der Waals surface area contributed by atoms with E-state index in [1.807, 2.05) is 85.8 Å². The van der Waals surface area contributed by atoms with Crippen molar-refractivity contribution in [1.29, 1.82) is 0 Å². The molecule has 5 rings (SSSR count). The van der Waals surface area contributed by atoms with E-state index < -0.39 is 5.91 Å². The predicted octanol–water partition coefficient (Wildman–Crippen LogP) is 5.91. The Morgan fingerprint density at radius 3 is 2.08 bits per heavy atom. The average molecular weight is 477 g/mol. The molecule has 0 atom stereocenters. The van der Waals surface area contributed by atoms with Crippen molar-refractivity contribution in [3.05, 3.63) is 123 Å². The molecule has 0 aliphatic carbocycles. The van der Waals surface area contributed by atoms with Crippen molar-refractivity contribution in [2.24, 2.45) is 0 Å². The molecule has 0 radical (unpaired) electrons. The van der Waals surface area contributed by atoms with Crippen molar-refractivity contribution >= 4 is 11.8 Å². The number of hydrogen-bond acceptors (Lipinski definition) is 3. The lowest BCUT2D eigenvalue weighted by Gasteiger charge is -2.24. The lowest BCUT2D eigenvalue weighted by atomic mass is 9.85. The van der Waals surface area contributed by atoms with Crippen LogP contribution in [0, 0.1) is 6.92 Å². The summed E-state index contributed by atoms with van der Waals surface area (Å²) in [6.45, 7) is 8.29. The number of benzene rings is 3. The zero-order valence-electron chi connectivity index (χ0n) is 20.9. The Morgan fingerprint density at radius 2 is 1.39 bits per heavy atom. The Hall–Kier alpha value is -4.25. The molecule has 4 aromatic rings. The Bertz CT molecular complexity index is 1560. The lowest BCUT2D eigenvalue weighted by molar-refractivity contribution is 0.0639. The molecule has 5 nitrogen and oxygen atoms in total. The first-order valence-corrected chi connectivity index (χ1v) is 12.0. The number of aryl methyl sites for hydroxylation is 1. The maximum absolute atomic E-state index is 14.0. The summed E-state index contributed by atoms with van der Waals surface area (Å²) in [5, 5.41) is 0. The largest absolute Gasteiger partial charge is 0.278 e. The monoisotopic (exact) mass is 476 g/mol. The molecular weight excluding hydrogens is 448 g/mol. The molecule has 0 saturated carbocycles. The second kappa shape index (κ2) is 8.76. The van der Waals surface area contributed by atoms with Crippen LogP contribution in [0.5, 0.6) is 0 Å². The summed E-state index contributed by atoms with van der Waals surface area (Å²) in [5.74, 6) is -0.851. The van der Waals surface area contributed by atoms with Gasteiger partial charge in [0.05, 0.1) is 17.8 Å². The number of aromatic nitrogens is 1. The van der Waals surface area contributed by atoms with Gasteiger partial charge < -0.3 is 0 Å². The number of carbonyl (C=O) groups is 2. The number of nitrogens with zero attached hydrogens (tertiary/aromatic N) is 2. The number of amides is 2. The molecule has 36 heavy (non-hydrogen) atoms. The van der Waals surface area contributed by atoms with Crippen molar-refractivity contribution in [2.45, 2.75) is 39.7 Å². The van der Waals surface area contributed by atoms with Crippen LogP contribution in [0.25, 0.3) is 16.8 Å². The zero-order chi connectivity index (χ0) is 25.6. The topological polar surface area (TPSA) is 59.4 Å². The summed E-state index contributed by atoms with van der Waals surface area (Å²) in [5.41, 5.74) is 4.37. The highest BCUT2D eigenvalue weighted by atomic mass is 16.2. The number of imide groups is 1. The van der Waals surface area contributed by atoms with Crippen molar-refractivity contribution in [1.82, 2.24) is 9.47 Å². The van der Waals surface area contributed by atoms with Gasteiger partial charge in [0.2, 0.25) is 0 Å². The summed E-state index contributed by atoms with van der Waals surface area (Å²) >= 11 is 0. The Kier molecular flexibility index (Phi) is 5.71. The fourth-order valence-corrected chi connectivity index (χ4v) is 4.87. The van der Waals surface area contributed by atoms with Gasteiger partial charge in [0.25, 0.3) is 17.4 Å². The summed E-state index contributed by atoms with van der Waals surface area (Å²) < 4.78 is 1.43. The van der Waals surface area contributed by atoms with Crippen LogP contribution in [0.3, 0.4) is 0 Å². The molecule has 0 unspecified atom stereocenters. The number of fused-ring (bicyclic) bond motifs is 1. The van der Waals surface area contributed by atoms with E-state index >= 15 is 0 Å². The molecule has 1 aromatic heterocycles. The van der Waals surface area contributed by atoms with E-state index in [2.05, 4.69) is 20.8 Å². The quantitative estimate of drug-likeness (QED) is 0.344. The molecule has 0 bridgehead atoms. The molecule has 0 fully saturated rings. The predicted molar refractivity (Wildman–Crippen MR) is 142 cm³/mol. The van der Waals surface area contributed by atoms with E-state index in [1.165, 1.54) is 15.5 Å². The van der Waals surface area contributed by atoms with Crippen LogP contribution < -0.4 is 5.56 Å². The summed E-state index contributed by atoms with van der Waals surface area (Å²) in [7, 11) is 0. The number of para-hydroxylation sites is 1. The van der Waals surface area contributed by atoms with Gasteiger partial charge in [-0.2, -0.15) is 0 Å². The highest BCUT2D eigenvalue weighted by Crippen LogP contribution is 2.36. The number of carbonyl (C=O) groups excluding carboxylic acids is 2. The Morgan fingerprint density at radius 1 is 0.750 bits per heavy atom. The molecule has 2 heterocycles. The van der Waals surface area contributed by atoms with Gasteiger partial charge in [0.15, 0.2) is 0 Å². The van der Waals surface area contributed by atoms with E-state index in [1.54, 1.807) is 0 Å². The van der Waals surface area contributed by atoms with Gasteiger partial charge in [-0.15, -0.1) is 0 Å². The first-order valence-electron chi connectivity index (χ1n) is 12.0. The van der Waals surface area contributed by atoms with E-state index in [0.29, 0.717) is 11.3 Å². The lowest BCUT2D eigenvalue weighted by Crippen LogP contribution is -2.31. The van der Waals surface area contributed by atoms with Crippen LogP contribution >= 0.6 is 0 Å². The normalized spacial score (nSPS) is 13.3. The van der Waals surface area contributed by atoms with Crippen LogP contribution in [0.4, 0.5) is 0 Å². The molecule has 1 aliphatic heterocycles. The van der Waals surface area contributed by atoms with Crippen molar-refractivity contribution in [3.63, 3.8) is 0 Å². The number of pyridine rings is 1. The van der Waals surface area contributed by atoms with E-state index in [-0.39, 0.29) is 34.7 Å². The smallest absolute Gasteiger partial charge is 0.271 e. The van der Waals surface area contributed by atoms with Gasteiger partial charge in [-0.1, -0.05) is 93.6 Å². The highest BCUT2D eigenvalue weighted by Gasteiger charge is 2.41. The molecule has 1 aliphatic rings. The first-order chi connectivity index (χ1) is 17.2. The summed E-state index contributed by atoms with van der Waals surface area (Å²) in [4.78, 5) is 42.8. The van der Waals surface area contributed by atoms with Crippen molar-refractivity contribution in [3.8, 4) is 16.8 Å². The van der Waals surface area contributed by atoms with Crippen LogP contribution in [0.15, 0.2) is 89.7 Å². The Labute approximate surface area is 210 Å². The second-order valence-electron chi connectivity index (χ2n) is 10.2. The fourth-order valence-electron chi connectivity index (χ4n) is 4.87. The summed E-state index contributed by atoms with van der Waals surface area (Å²) in [6, 6.07) is 26.0. The summed E-state index contributed by atoms with van der Waals surface area (Å²) in [6.07, 6.45) is 0. The van der Waals surface area contributed by atoms with Gasteiger partial charge in [0, 0.05) is 11.6 Å². The number of hydrogen-bond donors (Lipinski definition) is 0. The Balaban J connectivity index is 1.79. The third-order valence-electron chi connectivity index (χ3n) is 6.75. The number of rotatable bonds is 4. The van der Waals surface area contributed by atoms with Gasteiger partial charge >= 0.3 is 0 Å². The highest BCUT2D eigenvalue weighted by molar-refractivity contribution is 6.23. The minimum absolute atomic E-state index is 0.122. The molecule has 0 spiro atoms. The maximum atomic E-state index is 14.0. The molecule has 0 N–H and O–H groups in total. The van der Waals surface area contributed by atoms with Gasteiger partial charge in [-0.25, -0.2) is 0 Å². The van der Waals surface area contributed by atoms with E-state index in [4.69, 9.17) is 0 Å². The second-order valence-corrected chi connectivity index (χ2v) is 10.2. The van der Waals surface area contributed by atoms with Gasteiger partial charge in [0.1, 0.15) is 5.69 Å². The molecular formula is C31H28N2O3. The van der Waals surface area contributed by atoms with Crippen LogP contribution in [-0.2, 0) is 12.0 Å². The molecule has 2 amide bonds. The maximum Gasteiger partial charge on any atom is 0.278 e. The fraction of sp³-hybridized carbons (Fsp3) is 0.194. The molecule has 3 aromatic carbocycles. The van der Waals surface area contributed by atoms with Crippen molar-refractivity contribution < 1.29 is 9.59 Å². The van der Waals surface area contributed by atoms with Gasteiger partial charge in [-0.05, 0) is 40.7 Å².